The molecule has 0 amide bonds. The summed E-state index contributed by atoms with van der Waals surface area (Å²) < 4.78 is 0. The van der Waals surface area contributed by atoms with Crippen LogP contribution in [-0.4, -0.2) is 0 Å². The molecule has 0 fully saturated rings. The molecule has 1 heteroatoms. The van der Waals surface area contributed by atoms with E-state index in [0.29, 0.717) is 0 Å². The van der Waals surface area contributed by atoms with Gasteiger partial charge in [-0.05, 0) is 48.9 Å². The maximum absolute atomic E-state index is 2.26. The van der Waals surface area contributed by atoms with Gasteiger partial charge >= 0.3 is 0 Å². The molecule has 0 spiro atoms. The molecule has 0 bridgehead atoms. The van der Waals surface area contributed by atoms with Crippen molar-refractivity contribution in [2.24, 2.45) is 0 Å². The Bertz CT molecular complexity index is 688. The number of anilines is 3. The van der Waals surface area contributed by atoms with E-state index in [0.717, 1.165) is 17.1 Å². The van der Waals surface area contributed by atoms with Crippen molar-refractivity contribution in [1.82, 2.24) is 0 Å². The third-order valence-electron chi connectivity index (χ3n) is 3.54. The second kappa shape index (κ2) is 6.77. The van der Waals surface area contributed by atoms with Crippen LogP contribution in [0, 0.1) is 0 Å². The van der Waals surface area contributed by atoms with Gasteiger partial charge in [0.2, 0.25) is 0 Å². The molecule has 1 nitrogen and oxygen atoms in total. The molecule has 3 aromatic carbocycles. The predicted molar refractivity (Wildman–Crippen MR) is 95.8 cm³/mol. The summed E-state index contributed by atoms with van der Waals surface area (Å²) in [4.78, 5) is 2.26. The van der Waals surface area contributed by atoms with E-state index >= 15 is 0 Å². The van der Waals surface area contributed by atoms with Crippen molar-refractivity contribution in [3.8, 4) is 0 Å². The topological polar surface area (TPSA) is 3.24 Å². The van der Waals surface area contributed by atoms with Crippen molar-refractivity contribution in [3.63, 3.8) is 0 Å². The Balaban J connectivity index is 2.06. The Morgan fingerprint density at radius 3 is 1.50 bits per heavy atom. The van der Waals surface area contributed by atoms with Gasteiger partial charge in [-0.15, -0.1) is 0 Å². The van der Waals surface area contributed by atoms with Crippen LogP contribution in [0.3, 0.4) is 0 Å². The second-order valence-electron chi connectivity index (χ2n) is 5.10. The average Bonchev–Trinajstić information content (AvgIpc) is 2.59. The van der Waals surface area contributed by atoms with Crippen LogP contribution in [0.15, 0.2) is 91.0 Å². The Hall–Kier alpha value is -2.80. The van der Waals surface area contributed by atoms with Gasteiger partial charge in [-0.3, -0.25) is 0 Å². The molecule has 0 aliphatic carbocycles. The number of hydrogen-bond donors (Lipinski definition) is 0. The summed E-state index contributed by atoms with van der Waals surface area (Å²) in [7, 11) is 0. The molecule has 108 valence electrons. The normalized spacial score (nSPS) is 10.8. The van der Waals surface area contributed by atoms with Crippen molar-refractivity contribution in [3.05, 3.63) is 96.6 Å². The summed E-state index contributed by atoms with van der Waals surface area (Å²) in [6.07, 6.45) is 4.17. The zero-order valence-corrected chi connectivity index (χ0v) is 12.7. The summed E-state index contributed by atoms with van der Waals surface area (Å²) in [6, 6.07) is 29.5. The summed E-state index contributed by atoms with van der Waals surface area (Å²) in [5.74, 6) is 0. The highest BCUT2D eigenvalue weighted by Gasteiger charge is 2.10. The molecule has 3 aromatic rings. The first-order valence-corrected chi connectivity index (χ1v) is 7.51. The number of rotatable bonds is 4. The Labute approximate surface area is 132 Å². The van der Waals surface area contributed by atoms with Gasteiger partial charge in [0.25, 0.3) is 0 Å². The zero-order chi connectivity index (χ0) is 15.2. The molecule has 0 aliphatic heterocycles. The molecular formula is C21H19N. The van der Waals surface area contributed by atoms with Gasteiger partial charge in [0.15, 0.2) is 0 Å². The van der Waals surface area contributed by atoms with Crippen LogP contribution in [0.1, 0.15) is 12.5 Å². The lowest BCUT2D eigenvalue weighted by Crippen LogP contribution is -2.09. The van der Waals surface area contributed by atoms with Crippen LogP contribution in [0.4, 0.5) is 17.1 Å². The molecule has 0 atom stereocenters. The standard InChI is InChI=1S/C21H19N/c1-2-9-18-14-16-21(17-15-18)22(19-10-5-3-6-11-19)20-12-7-4-8-13-20/h2-17H,1H3/b9-2+. The third-order valence-corrected chi connectivity index (χ3v) is 3.54. The van der Waals surface area contributed by atoms with Crippen molar-refractivity contribution < 1.29 is 0 Å². The molecular weight excluding hydrogens is 266 g/mol. The van der Waals surface area contributed by atoms with Gasteiger partial charge in [-0.25, -0.2) is 0 Å². The number of allylic oxidation sites excluding steroid dienone is 1. The Morgan fingerprint density at radius 2 is 1.05 bits per heavy atom. The molecule has 0 aromatic heterocycles. The summed E-state index contributed by atoms with van der Waals surface area (Å²) >= 11 is 0. The van der Waals surface area contributed by atoms with Crippen molar-refractivity contribution in [2.45, 2.75) is 6.92 Å². The lowest BCUT2D eigenvalue weighted by Gasteiger charge is -2.25. The van der Waals surface area contributed by atoms with E-state index in [-0.39, 0.29) is 0 Å². The number of benzene rings is 3. The first-order valence-electron chi connectivity index (χ1n) is 7.51. The van der Waals surface area contributed by atoms with E-state index in [1.165, 1.54) is 5.56 Å². The molecule has 0 aliphatic rings. The Kier molecular flexibility index (Phi) is 4.35. The number of para-hydroxylation sites is 2. The highest BCUT2D eigenvalue weighted by molar-refractivity contribution is 5.76. The van der Waals surface area contributed by atoms with Gasteiger partial charge < -0.3 is 4.90 Å². The van der Waals surface area contributed by atoms with E-state index in [2.05, 4.69) is 89.8 Å². The van der Waals surface area contributed by atoms with E-state index in [9.17, 15) is 0 Å². The maximum atomic E-state index is 2.26. The van der Waals surface area contributed by atoms with Crippen LogP contribution in [0.25, 0.3) is 6.08 Å². The van der Waals surface area contributed by atoms with E-state index in [1.54, 1.807) is 0 Å². The second-order valence-corrected chi connectivity index (χ2v) is 5.10. The molecule has 0 heterocycles. The molecule has 0 N–H and O–H groups in total. The molecule has 0 saturated carbocycles. The fraction of sp³-hybridized carbons (Fsp3) is 0.0476. The highest BCUT2D eigenvalue weighted by Crippen LogP contribution is 2.34. The molecule has 22 heavy (non-hydrogen) atoms. The SMILES string of the molecule is C/C=C/c1ccc(N(c2ccccc2)c2ccccc2)cc1. The van der Waals surface area contributed by atoms with Crippen LogP contribution in [-0.2, 0) is 0 Å². The number of hydrogen-bond acceptors (Lipinski definition) is 1. The molecule has 0 unspecified atom stereocenters. The van der Waals surface area contributed by atoms with Crippen LogP contribution in [0.2, 0.25) is 0 Å². The first kappa shape index (κ1) is 14.2. The van der Waals surface area contributed by atoms with Crippen LogP contribution < -0.4 is 4.90 Å². The van der Waals surface area contributed by atoms with Crippen LogP contribution >= 0.6 is 0 Å². The summed E-state index contributed by atoms with van der Waals surface area (Å²) in [5.41, 5.74) is 4.69. The smallest absolute Gasteiger partial charge is 0.0462 e. The monoisotopic (exact) mass is 285 g/mol. The van der Waals surface area contributed by atoms with E-state index in [4.69, 9.17) is 0 Å². The number of nitrogens with zero attached hydrogens (tertiary/aromatic N) is 1. The molecule has 3 rings (SSSR count). The van der Waals surface area contributed by atoms with Gasteiger partial charge in [-0.2, -0.15) is 0 Å². The van der Waals surface area contributed by atoms with Gasteiger partial charge in [0.1, 0.15) is 0 Å². The minimum atomic E-state index is 1.16. The van der Waals surface area contributed by atoms with Crippen molar-refractivity contribution in [2.75, 3.05) is 4.90 Å². The van der Waals surface area contributed by atoms with Gasteiger partial charge in [-0.1, -0.05) is 60.7 Å². The average molecular weight is 285 g/mol. The van der Waals surface area contributed by atoms with Gasteiger partial charge in [0, 0.05) is 17.1 Å². The fourth-order valence-electron chi connectivity index (χ4n) is 2.53. The van der Waals surface area contributed by atoms with Crippen molar-refractivity contribution >= 4 is 23.1 Å². The van der Waals surface area contributed by atoms with Crippen molar-refractivity contribution in [1.29, 1.82) is 0 Å². The lowest BCUT2D eigenvalue weighted by molar-refractivity contribution is 1.28. The first-order chi connectivity index (χ1) is 10.9. The molecule has 0 saturated heterocycles. The third kappa shape index (κ3) is 3.09. The quantitative estimate of drug-likeness (QED) is 0.552. The van der Waals surface area contributed by atoms with Crippen LogP contribution in [0.5, 0.6) is 0 Å². The minimum Gasteiger partial charge on any atom is -0.311 e. The van der Waals surface area contributed by atoms with E-state index < -0.39 is 0 Å². The van der Waals surface area contributed by atoms with Gasteiger partial charge in [0.05, 0.1) is 0 Å². The summed E-state index contributed by atoms with van der Waals surface area (Å²) in [6.45, 7) is 2.04. The largest absolute Gasteiger partial charge is 0.311 e. The predicted octanol–water partition coefficient (Wildman–Crippen LogP) is 6.19. The van der Waals surface area contributed by atoms with E-state index in [1.807, 2.05) is 19.1 Å². The highest BCUT2D eigenvalue weighted by atomic mass is 15.1. The fourth-order valence-corrected chi connectivity index (χ4v) is 2.53. The molecule has 0 radical (unpaired) electrons. The summed E-state index contributed by atoms with van der Waals surface area (Å²) in [5, 5.41) is 0. The Morgan fingerprint density at radius 1 is 0.591 bits per heavy atom. The zero-order valence-electron chi connectivity index (χ0n) is 12.7. The minimum absolute atomic E-state index is 1.16. The lowest BCUT2D eigenvalue weighted by atomic mass is 10.1. The maximum Gasteiger partial charge on any atom is 0.0462 e.